The van der Waals surface area contributed by atoms with Gasteiger partial charge in [0.15, 0.2) is 0 Å². The van der Waals surface area contributed by atoms with Crippen molar-refractivity contribution in [3.05, 3.63) is 24.3 Å². The van der Waals surface area contributed by atoms with Gasteiger partial charge in [0.2, 0.25) is 0 Å². The number of methoxy groups -OCH3 is 1. The quantitative estimate of drug-likeness (QED) is 0.824. The van der Waals surface area contributed by atoms with Gasteiger partial charge in [0.05, 0.1) is 7.11 Å². The van der Waals surface area contributed by atoms with Crippen LogP contribution < -0.4 is 9.64 Å². The zero-order chi connectivity index (χ0) is 12.8. The van der Waals surface area contributed by atoms with Crippen molar-refractivity contribution in [3.8, 4) is 5.75 Å². The smallest absolute Gasteiger partial charge is 0.119 e. The number of hydrogen-bond donors (Lipinski definition) is 1. The highest BCUT2D eigenvalue weighted by Crippen LogP contribution is 2.20. The molecule has 17 heavy (non-hydrogen) atoms. The summed E-state index contributed by atoms with van der Waals surface area (Å²) < 4.78 is 5.13. The highest BCUT2D eigenvalue weighted by Gasteiger charge is 2.14. The van der Waals surface area contributed by atoms with Gasteiger partial charge in [0, 0.05) is 31.8 Å². The van der Waals surface area contributed by atoms with Crippen molar-refractivity contribution in [2.45, 2.75) is 13.8 Å². The van der Waals surface area contributed by atoms with Crippen molar-refractivity contribution in [2.75, 3.05) is 32.2 Å². The molecule has 1 unspecified atom stereocenters. The summed E-state index contributed by atoms with van der Waals surface area (Å²) in [6, 6.07) is 7.98. The molecule has 1 N–H and O–H groups in total. The van der Waals surface area contributed by atoms with Gasteiger partial charge in [-0.05, 0) is 30.2 Å². The molecule has 1 atom stereocenters. The molecule has 0 saturated carbocycles. The third-order valence-corrected chi connectivity index (χ3v) is 3.20. The van der Waals surface area contributed by atoms with Crippen LogP contribution in [0, 0.1) is 11.8 Å². The number of hydrogen-bond acceptors (Lipinski definition) is 3. The fraction of sp³-hybridized carbons (Fsp3) is 0.571. The molecule has 1 aromatic carbocycles. The summed E-state index contributed by atoms with van der Waals surface area (Å²) in [7, 11) is 3.71. The predicted octanol–water partition coefficient (Wildman–Crippen LogP) is 2.40. The Labute approximate surface area is 104 Å². The molecule has 0 amide bonds. The van der Waals surface area contributed by atoms with Gasteiger partial charge in [-0.2, -0.15) is 0 Å². The standard InChI is InChI=1S/C14H23NO2/c1-11(2)12(10-16)9-15(3)13-5-7-14(17-4)8-6-13/h5-8,11-12,16H,9-10H2,1-4H3. The molecule has 0 bridgehead atoms. The van der Waals surface area contributed by atoms with E-state index in [-0.39, 0.29) is 6.61 Å². The number of nitrogens with zero attached hydrogens (tertiary/aromatic N) is 1. The van der Waals surface area contributed by atoms with Crippen LogP contribution in [-0.4, -0.2) is 32.4 Å². The average Bonchev–Trinajstić information content (AvgIpc) is 2.35. The van der Waals surface area contributed by atoms with Crippen LogP contribution in [0.25, 0.3) is 0 Å². The Balaban J connectivity index is 2.65. The molecule has 0 fully saturated rings. The van der Waals surface area contributed by atoms with E-state index in [0.29, 0.717) is 11.8 Å². The number of benzene rings is 1. The second kappa shape index (κ2) is 6.50. The summed E-state index contributed by atoms with van der Waals surface area (Å²) in [6.45, 7) is 5.38. The van der Waals surface area contributed by atoms with Gasteiger partial charge in [-0.15, -0.1) is 0 Å². The molecule has 0 aliphatic carbocycles. The highest BCUT2D eigenvalue weighted by molar-refractivity contribution is 5.48. The van der Waals surface area contributed by atoms with E-state index in [4.69, 9.17) is 4.74 Å². The maximum Gasteiger partial charge on any atom is 0.119 e. The monoisotopic (exact) mass is 237 g/mol. The van der Waals surface area contributed by atoms with E-state index < -0.39 is 0 Å². The normalized spacial score (nSPS) is 12.6. The molecular formula is C14H23NO2. The van der Waals surface area contributed by atoms with E-state index in [1.807, 2.05) is 31.3 Å². The van der Waals surface area contributed by atoms with Crippen molar-refractivity contribution in [1.29, 1.82) is 0 Å². The average molecular weight is 237 g/mol. The molecule has 0 spiro atoms. The van der Waals surface area contributed by atoms with Crippen LogP contribution in [0.4, 0.5) is 5.69 Å². The summed E-state index contributed by atoms with van der Waals surface area (Å²) in [4.78, 5) is 2.17. The molecular weight excluding hydrogens is 214 g/mol. The first kappa shape index (κ1) is 13.8. The Hall–Kier alpha value is -1.22. The Kier molecular flexibility index (Phi) is 5.29. The van der Waals surface area contributed by atoms with Crippen molar-refractivity contribution >= 4 is 5.69 Å². The minimum Gasteiger partial charge on any atom is -0.497 e. The van der Waals surface area contributed by atoms with Gasteiger partial charge >= 0.3 is 0 Å². The lowest BCUT2D eigenvalue weighted by molar-refractivity contribution is 0.193. The van der Waals surface area contributed by atoms with Gasteiger partial charge in [0.25, 0.3) is 0 Å². The number of ether oxygens (including phenoxy) is 1. The van der Waals surface area contributed by atoms with E-state index in [9.17, 15) is 5.11 Å². The lowest BCUT2D eigenvalue weighted by Crippen LogP contribution is -2.30. The molecule has 0 aliphatic heterocycles. The Morgan fingerprint density at radius 3 is 2.24 bits per heavy atom. The summed E-state index contributed by atoms with van der Waals surface area (Å²) in [5.41, 5.74) is 1.14. The van der Waals surface area contributed by atoms with E-state index in [2.05, 4.69) is 18.7 Å². The lowest BCUT2D eigenvalue weighted by atomic mass is 9.96. The molecule has 0 radical (unpaired) electrons. The molecule has 1 aromatic rings. The van der Waals surface area contributed by atoms with Crippen LogP contribution in [-0.2, 0) is 0 Å². The van der Waals surface area contributed by atoms with E-state index in [1.54, 1.807) is 7.11 Å². The van der Waals surface area contributed by atoms with Crippen molar-refractivity contribution < 1.29 is 9.84 Å². The number of anilines is 1. The van der Waals surface area contributed by atoms with Crippen LogP contribution >= 0.6 is 0 Å². The summed E-state index contributed by atoms with van der Waals surface area (Å²) in [5, 5.41) is 9.33. The third-order valence-electron chi connectivity index (χ3n) is 3.20. The van der Waals surface area contributed by atoms with Crippen LogP contribution in [0.3, 0.4) is 0 Å². The number of rotatable bonds is 6. The molecule has 0 aliphatic rings. The Morgan fingerprint density at radius 2 is 1.82 bits per heavy atom. The zero-order valence-corrected chi connectivity index (χ0v) is 11.2. The van der Waals surface area contributed by atoms with E-state index in [0.717, 1.165) is 18.0 Å². The van der Waals surface area contributed by atoms with Gasteiger partial charge in [-0.25, -0.2) is 0 Å². The number of aliphatic hydroxyl groups excluding tert-OH is 1. The van der Waals surface area contributed by atoms with E-state index >= 15 is 0 Å². The van der Waals surface area contributed by atoms with Gasteiger partial charge < -0.3 is 14.7 Å². The Morgan fingerprint density at radius 1 is 1.24 bits per heavy atom. The Bertz CT molecular complexity index is 321. The first-order chi connectivity index (χ1) is 8.08. The highest BCUT2D eigenvalue weighted by atomic mass is 16.5. The molecule has 0 saturated heterocycles. The topological polar surface area (TPSA) is 32.7 Å². The van der Waals surface area contributed by atoms with Crippen molar-refractivity contribution in [2.24, 2.45) is 11.8 Å². The second-order valence-electron chi connectivity index (χ2n) is 4.77. The van der Waals surface area contributed by atoms with Crippen LogP contribution in [0.2, 0.25) is 0 Å². The fourth-order valence-corrected chi connectivity index (χ4v) is 1.77. The maximum absolute atomic E-state index is 9.33. The maximum atomic E-state index is 9.33. The first-order valence-electron chi connectivity index (χ1n) is 6.04. The SMILES string of the molecule is COc1ccc(N(C)CC(CO)C(C)C)cc1. The lowest BCUT2D eigenvalue weighted by Gasteiger charge is -2.27. The molecule has 0 heterocycles. The number of aliphatic hydroxyl groups is 1. The van der Waals surface area contributed by atoms with Crippen LogP contribution in [0.1, 0.15) is 13.8 Å². The molecule has 96 valence electrons. The van der Waals surface area contributed by atoms with Crippen molar-refractivity contribution in [1.82, 2.24) is 0 Å². The molecule has 0 aromatic heterocycles. The fourth-order valence-electron chi connectivity index (χ4n) is 1.77. The summed E-state index contributed by atoms with van der Waals surface area (Å²) in [5.74, 6) is 1.66. The largest absolute Gasteiger partial charge is 0.497 e. The van der Waals surface area contributed by atoms with Gasteiger partial charge in [-0.1, -0.05) is 13.8 Å². The first-order valence-corrected chi connectivity index (χ1v) is 6.04. The molecule has 1 rings (SSSR count). The zero-order valence-electron chi connectivity index (χ0n) is 11.2. The summed E-state index contributed by atoms with van der Waals surface area (Å²) >= 11 is 0. The second-order valence-corrected chi connectivity index (χ2v) is 4.77. The predicted molar refractivity (Wildman–Crippen MR) is 71.7 cm³/mol. The van der Waals surface area contributed by atoms with Crippen LogP contribution in [0.15, 0.2) is 24.3 Å². The van der Waals surface area contributed by atoms with Crippen LogP contribution in [0.5, 0.6) is 5.75 Å². The third kappa shape index (κ3) is 3.93. The van der Waals surface area contributed by atoms with Crippen molar-refractivity contribution in [3.63, 3.8) is 0 Å². The summed E-state index contributed by atoms with van der Waals surface area (Å²) in [6.07, 6.45) is 0. The minimum absolute atomic E-state index is 0.234. The van der Waals surface area contributed by atoms with Gasteiger partial charge in [-0.3, -0.25) is 0 Å². The minimum atomic E-state index is 0.234. The van der Waals surface area contributed by atoms with E-state index in [1.165, 1.54) is 0 Å². The van der Waals surface area contributed by atoms with Gasteiger partial charge in [0.1, 0.15) is 5.75 Å². The molecule has 3 nitrogen and oxygen atoms in total. The molecule has 3 heteroatoms.